The third-order valence-electron chi connectivity index (χ3n) is 4.48. The average Bonchev–Trinajstić information content (AvgIpc) is 2.77. The van der Waals surface area contributed by atoms with Crippen molar-refractivity contribution < 1.29 is 13.2 Å². The summed E-state index contributed by atoms with van der Waals surface area (Å²) >= 11 is 0. The summed E-state index contributed by atoms with van der Waals surface area (Å²) in [7, 11) is -3.57. The molecule has 6 nitrogen and oxygen atoms in total. The van der Waals surface area contributed by atoms with Crippen molar-refractivity contribution in [2.45, 2.75) is 24.9 Å². The molecule has 0 unspecified atom stereocenters. The van der Waals surface area contributed by atoms with Crippen LogP contribution in [-0.2, 0) is 23.1 Å². The first-order valence-electron chi connectivity index (χ1n) is 9.32. The van der Waals surface area contributed by atoms with Crippen molar-refractivity contribution in [1.29, 1.82) is 0 Å². The van der Waals surface area contributed by atoms with Crippen LogP contribution in [0.5, 0.6) is 0 Å². The molecule has 0 aliphatic heterocycles. The van der Waals surface area contributed by atoms with Crippen LogP contribution in [0.3, 0.4) is 0 Å². The Morgan fingerprint density at radius 1 is 0.966 bits per heavy atom. The van der Waals surface area contributed by atoms with E-state index in [9.17, 15) is 13.2 Å². The van der Waals surface area contributed by atoms with Crippen LogP contribution in [0.15, 0.2) is 84.0 Å². The van der Waals surface area contributed by atoms with Gasteiger partial charge in [-0.05, 0) is 41.5 Å². The van der Waals surface area contributed by atoms with Gasteiger partial charge in [0.2, 0.25) is 10.0 Å². The van der Waals surface area contributed by atoms with Crippen LogP contribution < -0.4 is 5.32 Å². The van der Waals surface area contributed by atoms with E-state index in [2.05, 4.69) is 10.3 Å². The van der Waals surface area contributed by atoms with Gasteiger partial charge in [-0.25, -0.2) is 8.42 Å². The number of benzene rings is 2. The highest BCUT2D eigenvalue weighted by Gasteiger charge is 2.22. The van der Waals surface area contributed by atoms with Gasteiger partial charge in [0.05, 0.1) is 4.90 Å². The van der Waals surface area contributed by atoms with Gasteiger partial charge in [0.1, 0.15) is 0 Å². The maximum absolute atomic E-state index is 12.8. The molecule has 0 spiro atoms. The minimum atomic E-state index is -3.57. The molecule has 29 heavy (non-hydrogen) atoms. The van der Waals surface area contributed by atoms with E-state index in [4.69, 9.17) is 0 Å². The Bertz CT molecular complexity index is 1040. The number of amides is 1. The Balaban J connectivity index is 1.65. The number of carbonyl (C=O) groups excluding carboxylic acids is 1. The fraction of sp³-hybridized carbons (Fsp3) is 0.182. The molecule has 0 aliphatic rings. The molecular formula is C22H23N3O3S. The number of sulfonamides is 1. The Kier molecular flexibility index (Phi) is 6.74. The smallest absolute Gasteiger partial charge is 0.251 e. The zero-order chi connectivity index (χ0) is 20.7. The molecular weight excluding hydrogens is 386 g/mol. The molecule has 0 saturated carbocycles. The first-order valence-corrected chi connectivity index (χ1v) is 10.8. The predicted octanol–water partition coefficient (Wildman–Crippen LogP) is 3.22. The Hall–Kier alpha value is -3.03. The van der Waals surface area contributed by atoms with Gasteiger partial charge >= 0.3 is 0 Å². The highest BCUT2D eigenvalue weighted by atomic mass is 32.2. The molecule has 1 N–H and O–H groups in total. The van der Waals surface area contributed by atoms with Gasteiger partial charge < -0.3 is 5.32 Å². The standard InChI is InChI=1S/C22H23N3O3S/c1-2-25(29(27,28)21-8-4-3-5-9-21)17-18-10-12-20(13-11-18)22(26)24-16-19-7-6-14-23-15-19/h3-15H,2,16-17H2,1H3,(H,24,26). The third kappa shape index (κ3) is 5.28. The van der Waals surface area contributed by atoms with Gasteiger partial charge in [0.25, 0.3) is 5.91 Å². The van der Waals surface area contributed by atoms with E-state index >= 15 is 0 Å². The highest BCUT2D eigenvalue weighted by Crippen LogP contribution is 2.18. The molecule has 0 radical (unpaired) electrons. The van der Waals surface area contributed by atoms with E-state index in [1.165, 1.54) is 4.31 Å². The number of hydrogen-bond acceptors (Lipinski definition) is 4. The number of aromatic nitrogens is 1. The summed E-state index contributed by atoms with van der Waals surface area (Å²) in [5.41, 5.74) is 2.25. The molecule has 0 saturated heterocycles. The lowest BCUT2D eigenvalue weighted by molar-refractivity contribution is 0.0951. The van der Waals surface area contributed by atoms with Crippen molar-refractivity contribution in [2.75, 3.05) is 6.54 Å². The molecule has 1 heterocycles. The Morgan fingerprint density at radius 2 is 1.69 bits per heavy atom. The summed E-state index contributed by atoms with van der Waals surface area (Å²) in [5, 5.41) is 2.85. The van der Waals surface area contributed by atoms with Crippen molar-refractivity contribution in [2.24, 2.45) is 0 Å². The minimum Gasteiger partial charge on any atom is -0.348 e. The zero-order valence-electron chi connectivity index (χ0n) is 16.2. The van der Waals surface area contributed by atoms with Gasteiger partial charge in [0, 0.05) is 37.6 Å². The Morgan fingerprint density at radius 3 is 2.31 bits per heavy atom. The molecule has 0 aliphatic carbocycles. The lowest BCUT2D eigenvalue weighted by Crippen LogP contribution is -2.30. The van der Waals surface area contributed by atoms with E-state index in [0.29, 0.717) is 18.7 Å². The molecule has 150 valence electrons. The fourth-order valence-electron chi connectivity index (χ4n) is 2.86. The molecule has 1 aromatic heterocycles. The largest absolute Gasteiger partial charge is 0.348 e. The topological polar surface area (TPSA) is 79.4 Å². The van der Waals surface area contributed by atoms with Crippen LogP contribution in [-0.4, -0.2) is 30.2 Å². The van der Waals surface area contributed by atoms with Gasteiger partial charge in [-0.1, -0.05) is 43.3 Å². The molecule has 7 heteroatoms. The van der Waals surface area contributed by atoms with Crippen LogP contribution in [0.2, 0.25) is 0 Å². The maximum atomic E-state index is 12.8. The summed E-state index contributed by atoms with van der Waals surface area (Å²) in [6.45, 7) is 2.80. The van der Waals surface area contributed by atoms with Crippen LogP contribution in [0, 0.1) is 0 Å². The minimum absolute atomic E-state index is 0.190. The molecule has 0 fully saturated rings. The zero-order valence-corrected chi connectivity index (χ0v) is 17.0. The molecule has 0 atom stereocenters. The van der Waals surface area contributed by atoms with Crippen molar-refractivity contribution in [3.63, 3.8) is 0 Å². The normalized spacial score (nSPS) is 11.4. The Labute approximate surface area is 171 Å². The summed E-state index contributed by atoms with van der Waals surface area (Å²) < 4.78 is 27.1. The monoisotopic (exact) mass is 409 g/mol. The number of nitrogens with one attached hydrogen (secondary N) is 1. The van der Waals surface area contributed by atoms with Crippen molar-refractivity contribution in [3.05, 3.63) is 95.8 Å². The second-order valence-corrected chi connectivity index (χ2v) is 8.42. The number of pyridine rings is 1. The van der Waals surface area contributed by atoms with Gasteiger partial charge in [-0.15, -0.1) is 0 Å². The fourth-order valence-corrected chi connectivity index (χ4v) is 4.32. The first kappa shape index (κ1) is 20.7. The van der Waals surface area contributed by atoms with Crippen LogP contribution in [0.25, 0.3) is 0 Å². The lowest BCUT2D eigenvalue weighted by atomic mass is 10.1. The second kappa shape index (κ2) is 9.45. The van der Waals surface area contributed by atoms with E-state index in [-0.39, 0.29) is 17.3 Å². The molecule has 0 bridgehead atoms. The number of carbonyl (C=O) groups is 1. The van der Waals surface area contributed by atoms with E-state index < -0.39 is 10.0 Å². The van der Waals surface area contributed by atoms with Crippen molar-refractivity contribution >= 4 is 15.9 Å². The van der Waals surface area contributed by atoms with Crippen molar-refractivity contribution in [3.8, 4) is 0 Å². The van der Waals surface area contributed by atoms with Crippen LogP contribution in [0.1, 0.15) is 28.4 Å². The summed E-state index contributed by atoms with van der Waals surface area (Å²) in [5.74, 6) is -0.190. The summed E-state index contributed by atoms with van der Waals surface area (Å²) in [6, 6.07) is 19.1. The molecule has 2 aromatic carbocycles. The maximum Gasteiger partial charge on any atom is 0.251 e. The quantitative estimate of drug-likeness (QED) is 0.620. The third-order valence-corrected chi connectivity index (χ3v) is 6.42. The molecule has 1 amide bonds. The van der Waals surface area contributed by atoms with Gasteiger partial charge in [0.15, 0.2) is 0 Å². The number of rotatable bonds is 8. The van der Waals surface area contributed by atoms with Gasteiger partial charge in [-0.2, -0.15) is 4.31 Å². The van der Waals surface area contributed by atoms with E-state index in [1.54, 1.807) is 73.9 Å². The summed E-state index contributed by atoms with van der Waals surface area (Å²) in [6.07, 6.45) is 3.39. The number of hydrogen-bond donors (Lipinski definition) is 1. The SMILES string of the molecule is CCN(Cc1ccc(C(=O)NCc2cccnc2)cc1)S(=O)(=O)c1ccccc1. The molecule has 3 rings (SSSR count). The second-order valence-electron chi connectivity index (χ2n) is 6.49. The van der Waals surface area contributed by atoms with E-state index in [1.807, 2.05) is 12.1 Å². The predicted molar refractivity (Wildman–Crippen MR) is 112 cm³/mol. The summed E-state index contributed by atoms with van der Waals surface area (Å²) in [4.78, 5) is 16.6. The molecule has 3 aromatic rings. The lowest BCUT2D eigenvalue weighted by Gasteiger charge is -2.20. The highest BCUT2D eigenvalue weighted by molar-refractivity contribution is 7.89. The van der Waals surface area contributed by atoms with Crippen LogP contribution in [0.4, 0.5) is 0 Å². The number of nitrogens with zero attached hydrogens (tertiary/aromatic N) is 2. The van der Waals surface area contributed by atoms with Crippen molar-refractivity contribution in [1.82, 2.24) is 14.6 Å². The average molecular weight is 410 g/mol. The first-order chi connectivity index (χ1) is 14.0. The van der Waals surface area contributed by atoms with E-state index in [0.717, 1.165) is 11.1 Å². The van der Waals surface area contributed by atoms with Gasteiger partial charge in [-0.3, -0.25) is 9.78 Å². The van der Waals surface area contributed by atoms with Crippen LogP contribution >= 0.6 is 0 Å².